The average Bonchev–Trinajstić information content (AvgIpc) is 3.33. The fourth-order valence-electron chi connectivity index (χ4n) is 4.35. The Balaban J connectivity index is 1.34. The Morgan fingerprint density at radius 3 is 2.26 bits per heavy atom. The first-order valence-corrected chi connectivity index (χ1v) is 11.5. The molecule has 6 rings (SSSR count). The highest BCUT2D eigenvalue weighted by Crippen LogP contribution is 2.31. The molecule has 0 amide bonds. The van der Waals surface area contributed by atoms with Gasteiger partial charge in [-0.1, -0.05) is 54.6 Å². The molecule has 0 unspecified atom stereocenters. The van der Waals surface area contributed by atoms with Crippen molar-refractivity contribution >= 4 is 39.0 Å². The SMILES string of the molecule is CN(C)c1ccc(-n2cnc3cc(Nc4nnc(-c5ccccc5)c5ccccc45)ccc32)cc1. The molecule has 0 saturated carbocycles. The third kappa shape index (κ3) is 3.85. The predicted octanol–water partition coefficient (Wildman–Crippen LogP) is 6.45. The zero-order valence-corrected chi connectivity index (χ0v) is 19.6. The highest BCUT2D eigenvalue weighted by Gasteiger charge is 2.12. The zero-order valence-electron chi connectivity index (χ0n) is 19.6. The molecule has 0 aliphatic carbocycles. The van der Waals surface area contributed by atoms with Gasteiger partial charge in [0.25, 0.3) is 0 Å². The molecule has 0 radical (unpaired) electrons. The Morgan fingerprint density at radius 1 is 0.743 bits per heavy atom. The van der Waals surface area contributed by atoms with Crippen molar-refractivity contribution in [2.24, 2.45) is 0 Å². The quantitative estimate of drug-likeness (QED) is 0.323. The lowest BCUT2D eigenvalue weighted by Crippen LogP contribution is -2.08. The second-order valence-corrected chi connectivity index (χ2v) is 8.66. The van der Waals surface area contributed by atoms with Gasteiger partial charge in [0.05, 0.1) is 11.0 Å². The van der Waals surface area contributed by atoms with Gasteiger partial charge in [0.15, 0.2) is 5.82 Å². The van der Waals surface area contributed by atoms with E-state index in [1.165, 1.54) is 0 Å². The molecule has 0 aliphatic heterocycles. The summed E-state index contributed by atoms with van der Waals surface area (Å²) in [5.74, 6) is 0.721. The summed E-state index contributed by atoms with van der Waals surface area (Å²) in [6.07, 6.45) is 1.86. The van der Waals surface area contributed by atoms with E-state index in [9.17, 15) is 0 Å². The van der Waals surface area contributed by atoms with Crippen molar-refractivity contribution in [2.75, 3.05) is 24.3 Å². The third-order valence-corrected chi connectivity index (χ3v) is 6.19. The fourth-order valence-corrected chi connectivity index (χ4v) is 4.35. The summed E-state index contributed by atoms with van der Waals surface area (Å²) in [4.78, 5) is 6.74. The normalized spacial score (nSPS) is 11.1. The van der Waals surface area contributed by atoms with Crippen LogP contribution in [0.25, 0.3) is 38.8 Å². The molecule has 2 aromatic heterocycles. The van der Waals surface area contributed by atoms with E-state index < -0.39 is 0 Å². The monoisotopic (exact) mass is 456 g/mol. The minimum Gasteiger partial charge on any atom is -0.378 e. The smallest absolute Gasteiger partial charge is 0.161 e. The molecule has 0 aliphatic rings. The minimum atomic E-state index is 0.721. The summed E-state index contributed by atoms with van der Waals surface area (Å²) in [6.45, 7) is 0. The van der Waals surface area contributed by atoms with Gasteiger partial charge in [0, 0.05) is 47.5 Å². The van der Waals surface area contributed by atoms with Gasteiger partial charge < -0.3 is 10.2 Å². The number of rotatable bonds is 5. The van der Waals surface area contributed by atoms with E-state index in [0.29, 0.717) is 0 Å². The molecular formula is C29H24N6. The maximum Gasteiger partial charge on any atom is 0.161 e. The lowest BCUT2D eigenvalue weighted by atomic mass is 10.0. The van der Waals surface area contributed by atoms with E-state index in [-0.39, 0.29) is 0 Å². The van der Waals surface area contributed by atoms with Crippen molar-refractivity contribution in [3.8, 4) is 16.9 Å². The molecule has 1 N–H and O–H groups in total. The summed E-state index contributed by atoms with van der Waals surface area (Å²) in [6, 6.07) is 33.0. The minimum absolute atomic E-state index is 0.721. The van der Waals surface area contributed by atoms with Gasteiger partial charge in [0.1, 0.15) is 12.0 Å². The molecule has 6 nitrogen and oxygen atoms in total. The maximum absolute atomic E-state index is 4.65. The number of nitrogens with zero attached hydrogens (tertiary/aromatic N) is 5. The largest absolute Gasteiger partial charge is 0.378 e. The van der Waals surface area contributed by atoms with E-state index in [4.69, 9.17) is 0 Å². The third-order valence-electron chi connectivity index (χ3n) is 6.19. The second-order valence-electron chi connectivity index (χ2n) is 8.66. The lowest BCUT2D eigenvalue weighted by Gasteiger charge is -2.13. The number of nitrogens with one attached hydrogen (secondary N) is 1. The van der Waals surface area contributed by atoms with Crippen molar-refractivity contribution in [2.45, 2.75) is 0 Å². The maximum atomic E-state index is 4.65. The molecule has 2 heterocycles. The highest BCUT2D eigenvalue weighted by atomic mass is 15.2. The van der Waals surface area contributed by atoms with Crippen LogP contribution in [0, 0.1) is 0 Å². The Labute approximate surface area is 203 Å². The van der Waals surface area contributed by atoms with E-state index in [1.807, 2.05) is 56.8 Å². The molecular weight excluding hydrogens is 432 g/mol. The number of anilines is 3. The van der Waals surface area contributed by atoms with Crippen molar-refractivity contribution in [3.63, 3.8) is 0 Å². The molecule has 170 valence electrons. The topological polar surface area (TPSA) is 58.9 Å². The molecule has 6 heteroatoms. The molecule has 0 bridgehead atoms. The molecule has 0 atom stereocenters. The summed E-state index contributed by atoms with van der Waals surface area (Å²) in [5, 5.41) is 14.6. The molecule has 0 saturated heterocycles. The molecule has 4 aromatic carbocycles. The Hall–Kier alpha value is -4.71. The van der Waals surface area contributed by atoms with Gasteiger partial charge in [-0.2, -0.15) is 0 Å². The fraction of sp³-hybridized carbons (Fsp3) is 0.0690. The average molecular weight is 457 g/mol. The van der Waals surface area contributed by atoms with Crippen molar-refractivity contribution in [1.29, 1.82) is 0 Å². The van der Waals surface area contributed by atoms with E-state index in [0.717, 1.165) is 55.9 Å². The number of hydrogen-bond donors (Lipinski definition) is 1. The summed E-state index contributed by atoms with van der Waals surface area (Å²) in [7, 11) is 4.08. The van der Waals surface area contributed by atoms with Crippen LogP contribution in [0.3, 0.4) is 0 Å². The van der Waals surface area contributed by atoms with Gasteiger partial charge in [-0.05, 0) is 42.5 Å². The first kappa shape index (κ1) is 20.9. The number of benzene rings is 4. The Morgan fingerprint density at radius 2 is 1.49 bits per heavy atom. The highest BCUT2D eigenvalue weighted by molar-refractivity contribution is 6.01. The van der Waals surface area contributed by atoms with Gasteiger partial charge in [-0.15, -0.1) is 10.2 Å². The second kappa shape index (κ2) is 8.57. The van der Waals surface area contributed by atoms with Crippen molar-refractivity contribution in [3.05, 3.63) is 103 Å². The van der Waals surface area contributed by atoms with Crippen LogP contribution in [-0.4, -0.2) is 33.8 Å². The molecule has 0 fully saturated rings. The standard InChI is InChI=1S/C29H24N6/c1-34(2)22-13-15-23(16-14-22)35-19-30-26-18-21(12-17-27(26)35)31-29-25-11-7-6-10-24(25)28(32-33-29)20-8-4-3-5-9-20/h3-19H,1-2H3,(H,31,33). The van der Waals surface area contributed by atoms with Crippen LogP contribution < -0.4 is 10.2 Å². The Kier molecular flexibility index (Phi) is 5.11. The van der Waals surface area contributed by atoms with E-state index in [1.54, 1.807) is 0 Å². The molecule has 6 aromatic rings. The van der Waals surface area contributed by atoms with Crippen molar-refractivity contribution in [1.82, 2.24) is 19.7 Å². The summed E-state index contributed by atoms with van der Waals surface area (Å²) >= 11 is 0. The van der Waals surface area contributed by atoms with E-state index in [2.05, 4.69) is 90.6 Å². The van der Waals surface area contributed by atoms with E-state index >= 15 is 0 Å². The summed E-state index contributed by atoms with van der Waals surface area (Å²) in [5.41, 5.74) is 7.03. The number of imidazole rings is 1. The van der Waals surface area contributed by atoms with Crippen LogP contribution in [-0.2, 0) is 0 Å². The first-order valence-electron chi connectivity index (χ1n) is 11.5. The number of aromatic nitrogens is 4. The van der Waals surface area contributed by atoms with Crippen molar-refractivity contribution < 1.29 is 0 Å². The van der Waals surface area contributed by atoms with Crippen LogP contribution in [0.5, 0.6) is 0 Å². The van der Waals surface area contributed by atoms with Crippen LogP contribution in [0.2, 0.25) is 0 Å². The van der Waals surface area contributed by atoms with Gasteiger partial charge in [-0.3, -0.25) is 4.57 Å². The van der Waals surface area contributed by atoms with Gasteiger partial charge >= 0.3 is 0 Å². The van der Waals surface area contributed by atoms with Crippen LogP contribution >= 0.6 is 0 Å². The Bertz CT molecular complexity index is 1640. The summed E-state index contributed by atoms with van der Waals surface area (Å²) < 4.78 is 2.10. The van der Waals surface area contributed by atoms with Gasteiger partial charge in [0.2, 0.25) is 0 Å². The predicted molar refractivity (Wildman–Crippen MR) is 144 cm³/mol. The lowest BCUT2D eigenvalue weighted by molar-refractivity contribution is 1.06. The van der Waals surface area contributed by atoms with Crippen LogP contribution in [0.4, 0.5) is 17.2 Å². The molecule has 35 heavy (non-hydrogen) atoms. The number of hydrogen-bond acceptors (Lipinski definition) is 5. The first-order chi connectivity index (χ1) is 17.2. The van der Waals surface area contributed by atoms with Crippen LogP contribution in [0.1, 0.15) is 0 Å². The van der Waals surface area contributed by atoms with Crippen LogP contribution in [0.15, 0.2) is 103 Å². The zero-order chi connectivity index (χ0) is 23.8. The number of fused-ring (bicyclic) bond motifs is 2. The van der Waals surface area contributed by atoms with Gasteiger partial charge in [-0.25, -0.2) is 4.98 Å². The molecule has 0 spiro atoms.